The average Bonchev–Trinajstić information content (AvgIpc) is 2.76. The number of hydrogen-bond donors (Lipinski definition) is 1. The molecular formula is C26H29NO2. The Balaban J connectivity index is 1.50. The molecule has 4 rings (SSSR count). The maximum atomic E-state index is 6.03. The lowest BCUT2D eigenvalue weighted by Crippen LogP contribution is -2.30. The fourth-order valence-electron chi connectivity index (χ4n) is 3.72. The number of rotatable bonds is 7. The molecule has 1 atom stereocenters. The third kappa shape index (κ3) is 4.99. The molecule has 0 amide bonds. The van der Waals surface area contributed by atoms with E-state index in [2.05, 4.69) is 67.7 Å². The van der Waals surface area contributed by atoms with E-state index in [-0.39, 0.29) is 6.04 Å². The molecule has 1 unspecified atom stereocenters. The van der Waals surface area contributed by atoms with Gasteiger partial charge in [0.15, 0.2) is 0 Å². The van der Waals surface area contributed by atoms with Gasteiger partial charge < -0.3 is 14.8 Å². The number of benzene rings is 3. The third-order valence-corrected chi connectivity index (χ3v) is 5.19. The van der Waals surface area contributed by atoms with Crippen LogP contribution in [0.15, 0.2) is 72.8 Å². The van der Waals surface area contributed by atoms with Crippen LogP contribution in [0, 0.1) is 5.92 Å². The van der Waals surface area contributed by atoms with Crippen LogP contribution in [0.5, 0.6) is 11.5 Å². The molecule has 1 aliphatic rings. The maximum Gasteiger partial charge on any atom is 0.120 e. The van der Waals surface area contributed by atoms with E-state index in [1.807, 2.05) is 24.3 Å². The Morgan fingerprint density at radius 2 is 1.72 bits per heavy atom. The van der Waals surface area contributed by atoms with E-state index in [0.29, 0.717) is 12.5 Å². The second kappa shape index (κ2) is 9.15. The van der Waals surface area contributed by atoms with Crippen molar-refractivity contribution in [3.05, 3.63) is 95.1 Å². The van der Waals surface area contributed by atoms with Gasteiger partial charge in [0.1, 0.15) is 18.1 Å². The summed E-state index contributed by atoms with van der Waals surface area (Å²) in [7, 11) is 0. The van der Waals surface area contributed by atoms with Crippen LogP contribution in [0.25, 0.3) is 0 Å². The lowest BCUT2D eigenvalue weighted by molar-refractivity contribution is 0.270. The van der Waals surface area contributed by atoms with Crippen molar-refractivity contribution < 1.29 is 9.47 Å². The molecule has 3 heteroatoms. The minimum Gasteiger partial charge on any atom is -0.493 e. The maximum absolute atomic E-state index is 6.03. The number of ether oxygens (including phenoxy) is 2. The zero-order valence-corrected chi connectivity index (χ0v) is 17.2. The molecule has 29 heavy (non-hydrogen) atoms. The minimum absolute atomic E-state index is 0.185. The van der Waals surface area contributed by atoms with Gasteiger partial charge in [0.25, 0.3) is 0 Å². The first-order chi connectivity index (χ1) is 14.2. The molecule has 1 heterocycles. The Bertz CT molecular complexity index is 936. The molecular weight excluding hydrogens is 358 g/mol. The highest BCUT2D eigenvalue weighted by Gasteiger charge is 2.22. The zero-order valence-electron chi connectivity index (χ0n) is 17.2. The number of hydrogen-bond acceptors (Lipinski definition) is 3. The van der Waals surface area contributed by atoms with Crippen molar-refractivity contribution in [1.29, 1.82) is 0 Å². The van der Waals surface area contributed by atoms with Gasteiger partial charge in [0.05, 0.1) is 12.6 Å². The van der Waals surface area contributed by atoms with Gasteiger partial charge in [-0.15, -0.1) is 0 Å². The fourth-order valence-corrected chi connectivity index (χ4v) is 3.72. The van der Waals surface area contributed by atoms with E-state index in [1.165, 1.54) is 22.3 Å². The van der Waals surface area contributed by atoms with Gasteiger partial charge in [-0.1, -0.05) is 62.4 Å². The summed E-state index contributed by atoms with van der Waals surface area (Å²) in [5.74, 6) is 2.39. The van der Waals surface area contributed by atoms with E-state index < -0.39 is 0 Å². The van der Waals surface area contributed by atoms with E-state index in [1.54, 1.807) is 0 Å². The van der Waals surface area contributed by atoms with Crippen LogP contribution in [0.4, 0.5) is 0 Å². The first kappa shape index (κ1) is 19.5. The largest absolute Gasteiger partial charge is 0.493 e. The fraction of sp³-hybridized carbons (Fsp3) is 0.308. The van der Waals surface area contributed by atoms with Gasteiger partial charge in [-0.2, -0.15) is 0 Å². The monoisotopic (exact) mass is 387 g/mol. The van der Waals surface area contributed by atoms with Crippen LogP contribution in [0.2, 0.25) is 0 Å². The number of fused-ring (bicyclic) bond motifs is 1. The van der Waals surface area contributed by atoms with Gasteiger partial charge in [0.2, 0.25) is 0 Å². The van der Waals surface area contributed by atoms with Crippen LogP contribution in [0.3, 0.4) is 0 Å². The Kier molecular flexibility index (Phi) is 6.16. The molecule has 3 nitrogen and oxygen atoms in total. The van der Waals surface area contributed by atoms with E-state index in [0.717, 1.165) is 31.1 Å². The lowest BCUT2D eigenvalue weighted by atomic mass is 9.89. The highest BCUT2D eigenvalue weighted by molar-refractivity contribution is 5.45. The predicted octanol–water partition coefficient (Wildman–Crippen LogP) is 5.54. The molecule has 3 aromatic rings. The SMILES string of the molecule is CC(C)COc1cccc(C2NCCc3cc(OCc4ccccc4)ccc32)c1. The third-order valence-electron chi connectivity index (χ3n) is 5.19. The summed E-state index contributed by atoms with van der Waals surface area (Å²) in [5.41, 5.74) is 5.10. The topological polar surface area (TPSA) is 30.5 Å². The molecule has 1 aliphatic heterocycles. The first-order valence-electron chi connectivity index (χ1n) is 10.4. The van der Waals surface area contributed by atoms with Crippen molar-refractivity contribution in [2.24, 2.45) is 5.92 Å². The highest BCUT2D eigenvalue weighted by atomic mass is 16.5. The standard InChI is InChI=1S/C26H29NO2/c1-19(2)17-28-23-10-6-9-22(16-23)26-25-12-11-24(15-21(25)13-14-27-26)29-18-20-7-4-3-5-8-20/h3-12,15-16,19,26-27H,13-14,17-18H2,1-2H3. The molecule has 0 bridgehead atoms. The van der Waals surface area contributed by atoms with Gasteiger partial charge >= 0.3 is 0 Å². The smallest absolute Gasteiger partial charge is 0.120 e. The molecule has 0 aliphatic carbocycles. The summed E-state index contributed by atoms with van der Waals surface area (Å²) in [5, 5.41) is 3.66. The second-order valence-electron chi connectivity index (χ2n) is 8.05. The van der Waals surface area contributed by atoms with Gasteiger partial charge in [-0.25, -0.2) is 0 Å². The first-order valence-corrected chi connectivity index (χ1v) is 10.4. The van der Waals surface area contributed by atoms with Gasteiger partial charge in [0, 0.05) is 6.54 Å². The Morgan fingerprint density at radius 3 is 2.55 bits per heavy atom. The molecule has 0 aromatic heterocycles. The van der Waals surface area contributed by atoms with Gasteiger partial charge in [-0.05, 0) is 58.9 Å². The number of nitrogens with one attached hydrogen (secondary N) is 1. The summed E-state index contributed by atoms with van der Waals surface area (Å²) in [6, 6.07) is 25.4. The van der Waals surface area contributed by atoms with E-state index >= 15 is 0 Å². The van der Waals surface area contributed by atoms with Crippen molar-refractivity contribution in [2.45, 2.75) is 32.9 Å². The summed E-state index contributed by atoms with van der Waals surface area (Å²) < 4.78 is 12.0. The van der Waals surface area contributed by atoms with Crippen molar-refractivity contribution >= 4 is 0 Å². The van der Waals surface area contributed by atoms with Crippen LogP contribution in [-0.2, 0) is 13.0 Å². The lowest BCUT2D eigenvalue weighted by Gasteiger charge is -2.28. The molecule has 0 saturated carbocycles. The van der Waals surface area contributed by atoms with Crippen molar-refractivity contribution in [3.8, 4) is 11.5 Å². The molecule has 150 valence electrons. The Labute approximate surface area is 173 Å². The summed E-state index contributed by atoms with van der Waals surface area (Å²) in [4.78, 5) is 0. The van der Waals surface area contributed by atoms with Crippen LogP contribution < -0.4 is 14.8 Å². The highest BCUT2D eigenvalue weighted by Crippen LogP contribution is 2.32. The van der Waals surface area contributed by atoms with Gasteiger partial charge in [-0.3, -0.25) is 0 Å². The van der Waals surface area contributed by atoms with Crippen LogP contribution in [0.1, 0.15) is 42.1 Å². The van der Waals surface area contributed by atoms with Crippen LogP contribution in [-0.4, -0.2) is 13.2 Å². The van der Waals surface area contributed by atoms with E-state index in [4.69, 9.17) is 9.47 Å². The Morgan fingerprint density at radius 1 is 0.897 bits per heavy atom. The second-order valence-corrected chi connectivity index (χ2v) is 8.05. The molecule has 1 N–H and O–H groups in total. The summed E-state index contributed by atoms with van der Waals surface area (Å²) in [6.07, 6.45) is 1.01. The summed E-state index contributed by atoms with van der Waals surface area (Å²) in [6.45, 7) is 6.62. The predicted molar refractivity (Wildman–Crippen MR) is 118 cm³/mol. The molecule has 0 radical (unpaired) electrons. The average molecular weight is 388 g/mol. The summed E-state index contributed by atoms with van der Waals surface area (Å²) >= 11 is 0. The molecule has 0 saturated heterocycles. The normalized spacial score (nSPS) is 15.8. The van der Waals surface area contributed by atoms with E-state index in [9.17, 15) is 0 Å². The molecule has 0 fully saturated rings. The van der Waals surface area contributed by atoms with Crippen molar-refractivity contribution in [2.75, 3.05) is 13.2 Å². The quantitative estimate of drug-likeness (QED) is 0.578. The molecule has 0 spiro atoms. The minimum atomic E-state index is 0.185. The molecule has 3 aromatic carbocycles. The Hall–Kier alpha value is -2.78. The van der Waals surface area contributed by atoms with Crippen molar-refractivity contribution in [1.82, 2.24) is 5.32 Å². The van der Waals surface area contributed by atoms with Crippen LogP contribution >= 0.6 is 0 Å². The van der Waals surface area contributed by atoms with Crippen molar-refractivity contribution in [3.63, 3.8) is 0 Å². The zero-order chi connectivity index (χ0) is 20.1.